The van der Waals surface area contributed by atoms with Crippen molar-refractivity contribution >= 4 is 17.5 Å². The zero-order valence-electron chi connectivity index (χ0n) is 17.5. The van der Waals surface area contributed by atoms with E-state index < -0.39 is 11.7 Å². The molecule has 2 heterocycles. The molecule has 1 atom stereocenters. The zero-order chi connectivity index (χ0) is 22.5. The molecule has 1 fully saturated rings. The van der Waals surface area contributed by atoms with Crippen molar-refractivity contribution in [2.75, 3.05) is 31.6 Å². The number of rotatable bonds is 6. The van der Waals surface area contributed by atoms with Gasteiger partial charge in [-0.2, -0.15) is 5.10 Å². The average Bonchev–Trinajstić information content (AvgIpc) is 3.25. The van der Waals surface area contributed by atoms with Crippen molar-refractivity contribution in [2.45, 2.75) is 6.10 Å². The van der Waals surface area contributed by atoms with Crippen molar-refractivity contribution in [3.8, 4) is 5.75 Å². The third-order valence-corrected chi connectivity index (χ3v) is 5.07. The largest absolute Gasteiger partial charge is 0.483 e. The maximum atomic E-state index is 13.7. The fraction of sp³-hybridized carbons (Fsp3) is 0.261. The number of carbonyl (C=O) groups excluding carboxylic acids is 2. The molecule has 1 aliphatic rings. The molecule has 2 amide bonds. The van der Waals surface area contributed by atoms with Crippen molar-refractivity contribution in [3.63, 3.8) is 0 Å². The number of nitrogens with zero attached hydrogens (tertiary/aromatic N) is 3. The van der Waals surface area contributed by atoms with Crippen LogP contribution in [0, 0.1) is 5.82 Å². The van der Waals surface area contributed by atoms with Gasteiger partial charge in [0.05, 0.1) is 30.6 Å². The third-order valence-electron chi connectivity index (χ3n) is 5.07. The molecule has 4 rings (SSSR count). The monoisotopic (exact) mass is 438 g/mol. The minimum absolute atomic E-state index is 0.0696. The predicted molar refractivity (Wildman–Crippen MR) is 115 cm³/mol. The molecule has 166 valence electrons. The molecule has 32 heavy (non-hydrogen) atoms. The molecule has 2 aromatic carbocycles. The maximum Gasteiger partial charge on any atom is 0.262 e. The van der Waals surface area contributed by atoms with E-state index in [9.17, 15) is 14.0 Å². The number of halogens is 1. The van der Waals surface area contributed by atoms with Crippen molar-refractivity contribution in [1.82, 2.24) is 14.7 Å². The molecule has 0 radical (unpaired) electrons. The van der Waals surface area contributed by atoms with Gasteiger partial charge >= 0.3 is 0 Å². The van der Waals surface area contributed by atoms with E-state index in [2.05, 4.69) is 10.4 Å². The number of aromatic nitrogens is 2. The summed E-state index contributed by atoms with van der Waals surface area (Å²) in [6.07, 6.45) is 3.33. The number of carbonyl (C=O) groups is 2. The lowest BCUT2D eigenvalue weighted by Gasteiger charge is -2.33. The Bertz CT molecular complexity index is 1120. The van der Waals surface area contributed by atoms with E-state index in [0.29, 0.717) is 25.3 Å². The van der Waals surface area contributed by atoms with E-state index in [0.717, 1.165) is 5.56 Å². The number of para-hydroxylation sites is 2. The van der Waals surface area contributed by atoms with Crippen molar-refractivity contribution in [1.29, 1.82) is 0 Å². The van der Waals surface area contributed by atoms with E-state index in [-0.39, 0.29) is 30.1 Å². The van der Waals surface area contributed by atoms with Gasteiger partial charge in [-0.25, -0.2) is 4.39 Å². The van der Waals surface area contributed by atoms with Crippen LogP contribution in [0.4, 0.5) is 10.1 Å². The van der Waals surface area contributed by atoms with Gasteiger partial charge < -0.3 is 19.7 Å². The predicted octanol–water partition coefficient (Wildman–Crippen LogP) is 2.79. The molecule has 0 unspecified atom stereocenters. The molecule has 1 aliphatic heterocycles. The van der Waals surface area contributed by atoms with Crippen LogP contribution < -0.4 is 10.1 Å². The summed E-state index contributed by atoms with van der Waals surface area (Å²) in [5.74, 6) is -0.995. The highest BCUT2D eigenvalue weighted by molar-refractivity contribution is 5.97. The smallest absolute Gasteiger partial charge is 0.262 e. The second kappa shape index (κ2) is 9.61. The molecule has 0 bridgehead atoms. The number of aryl methyl sites for hydroxylation is 1. The minimum Gasteiger partial charge on any atom is -0.483 e. The number of morpholine rings is 1. The van der Waals surface area contributed by atoms with Crippen LogP contribution in [-0.2, 0) is 16.6 Å². The van der Waals surface area contributed by atoms with Crippen LogP contribution in [0.3, 0.4) is 0 Å². The molecule has 0 spiro atoms. The van der Waals surface area contributed by atoms with Gasteiger partial charge in [-0.15, -0.1) is 0 Å². The van der Waals surface area contributed by atoms with Crippen LogP contribution >= 0.6 is 0 Å². The normalized spacial score (nSPS) is 15.9. The first kappa shape index (κ1) is 21.5. The number of hydrogen-bond acceptors (Lipinski definition) is 5. The van der Waals surface area contributed by atoms with E-state index in [1.54, 1.807) is 46.1 Å². The second-order valence-corrected chi connectivity index (χ2v) is 7.37. The van der Waals surface area contributed by atoms with Crippen molar-refractivity contribution in [3.05, 3.63) is 77.9 Å². The summed E-state index contributed by atoms with van der Waals surface area (Å²) in [5.41, 5.74) is 1.32. The van der Waals surface area contributed by atoms with Crippen LogP contribution in [0.15, 0.2) is 60.9 Å². The van der Waals surface area contributed by atoms with Gasteiger partial charge in [-0.05, 0) is 24.3 Å². The molecule has 1 saturated heterocycles. The SMILES string of the molecule is Cn1cc([C@@H]2CN(C(=O)c3ccccc3OCC(=O)Nc3ccccc3F)CCO2)cn1. The molecule has 1 N–H and O–H groups in total. The standard InChI is InChI=1S/C23H23FN4O4/c1-27-13-16(12-25-27)21-14-28(10-11-31-21)23(30)17-6-2-5-9-20(17)32-15-22(29)26-19-8-4-3-7-18(19)24/h2-9,12-13,21H,10-11,14-15H2,1H3,(H,26,29)/t21-/m0/s1. The van der Waals surface area contributed by atoms with E-state index in [1.807, 2.05) is 13.2 Å². The van der Waals surface area contributed by atoms with Gasteiger partial charge in [-0.3, -0.25) is 14.3 Å². The van der Waals surface area contributed by atoms with Gasteiger partial charge in [0.1, 0.15) is 17.7 Å². The van der Waals surface area contributed by atoms with Crippen LogP contribution in [0.1, 0.15) is 22.0 Å². The van der Waals surface area contributed by atoms with E-state index >= 15 is 0 Å². The minimum atomic E-state index is -0.535. The Morgan fingerprint density at radius 2 is 2.00 bits per heavy atom. The highest BCUT2D eigenvalue weighted by Gasteiger charge is 2.28. The van der Waals surface area contributed by atoms with Gasteiger partial charge in [0.25, 0.3) is 11.8 Å². The first-order valence-electron chi connectivity index (χ1n) is 10.2. The summed E-state index contributed by atoms with van der Waals surface area (Å²) in [6, 6.07) is 12.6. The van der Waals surface area contributed by atoms with E-state index in [1.165, 1.54) is 18.2 Å². The molecule has 0 aliphatic carbocycles. The highest BCUT2D eigenvalue weighted by atomic mass is 19.1. The Kier molecular flexibility index (Phi) is 6.46. The quantitative estimate of drug-likeness (QED) is 0.640. The van der Waals surface area contributed by atoms with Crippen molar-refractivity contribution in [2.24, 2.45) is 7.05 Å². The van der Waals surface area contributed by atoms with Gasteiger partial charge in [0, 0.05) is 25.4 Å². The molecule has 8 nitrogen and oxygen atoms in total. The number of hydrogen-bond donors (Lipinski definition) is 1. The average molecular weight is 438 g/mol. The number of nitrogens with one attached hydrogen (secondary N) is 1. The summed E-state index contributed by atoms with van der Waals surface area (Å²) < 4.78 is 26.8. The van der Waals surface area contributed by atoms with Gasteiger partial charge in [0.2, 0.25) is 0 Å². The van der Waals surface area contributed by atoms with Crippen LogP contribution in [-0.4, -0.2) is 52.8 Å². The highest BCUT2D eigenvalue weighted by Crippen LogP contribution is 2.26. The molecular formula is C23H23FN4O4. The summed E-state index contributed by atoms with van der Waals surface area (Å²) in [7, 11) is 1.82. The summed E-state index contributed by atoms with van der Waals surface area (Å²) in [5, 5.41) is 6.62. The zero-order valence-corrected chi connectivity index (χ0v) is 17.5. The van der Waals surface area contributed by atoms with Gasteiger partial charge in [-0.1, -0.05) is 24.3 Å². The lowest BCUT2D eigenvalue weighted by atomic mass is 10.1. The Morgan fingerprint density at radius 3 is 2.78 bits per heavy atom. The first-order chi connectivity index (χ1) is 15.5. The molecule has 9 heteroatoms. The first-order valence-corrected chi connectivity index (χ1v) is 10.2. The molecule has 3 aromatic rings. The number of amides is 2. The lowest BCUT2D eigenvalue weighted by Crippen LogP contribution is -2.42. The summed E-state index contributed by atoms with van der Waals surface area (Å²) in [4.78, 5) is 27.1. The fourth-order valence-corrected chi connectivity index (χ4v) is 3.47. The number of anilines is 1. The maximum absolute atomic E-state index is 13.7. The van der Waals surface area contributed by atoms with Crippen LogP contribution in [0.5, 0.6) is 5.75 Å². The summed E-state index contributed by atoms with van der Waals surface area (Å²) >= 11 is 0. The number of ether oxygens (including phenoxy) is 2. The van der Waals surface area contributed by atoms with E-state index in [4.69, 9.17) is 9.47 Å². The Balaban J connectivity index is 1.41. The lowest BCUT2D eigenvalue weighted by molar-refractivity contribution is -0.118. The summed E-state index contributed by atoms with van der Waals surface area (Å²) in [6.45, 7) is 0.865. The third kappa shape index (κ3) is 4.94. The topological polar surface area (TPSA) is 85.7 Å². The second-order valence-electron chi connectivity index (χ2n) is 7.37. The molecule has 0 saturated carbocycles. The molecule has 1 aromatic heterocycles. The Labute approximate surface area is 184 Å². The Morgan fingerprint density at radius 1 is 1.22 bits per heavy atom. The van der Waals surface area contributed by atoms with Crippen molar-refractivity contribution < 1.29 is 23.5 Å². The Hall–Kier alpha value is -3.72. The van der Waals surface area contributed by atoms with Crippen LogP contribution in [0.25, 0.3) is 0 Å². The fourth-order valence-electron chi connectivity index (χ4n) is 3.47. The number of benzene rings is 2. The van der Waals surface area contributed by atoms with Gasteiger partial charge in [0.15, 0.2) is 6.61 Å². The molecular weight excluding hydrogens is 415 g/mol. The van der Waals surface area contributed by atoms with Crippen LogP contribution in [0.2, 0.25) is 0 Å².